The summed E-state index contributed by atoms with van der Waals surface area (Å²) >= 11 is 0. The number of aryl methyl sites for hydroxylation is 1. The monoisotopic (exact) mass is 715 g/mol. The van der Waals surface area contributed by atoms with E-state index in [0.717, 1.165) is 57.6 Å². The summed E-state index contributed by atoms with van der Waals surface area (Å²) in [7, 11) is 0. The van der Waals surface area contributed by atoms with Gasteiger partial charge in [0, 0.05) is 18.5 Å². The van der Waals surface area contributed by atoms with E-state index in [1.54, 1.807) is 0 Å². The van der Waals surface area contributed by atoms with Gasteiger partial charge in [-0.2, -0.15) is 0 Å². The van der Waals surface area contributed by atoms with Crippen LogP contribution in [0.2, 0.25) is 0 Å². The molecule has 7 aromatic rings. The number of aromatic nitrogens is 6. The number of nitrogens with two attached hydrogens (primary N) is 1. The number of esters is 1. The van der Waals surface area contributed by atoms with Crippen molar-refractivity contribution in [2.75, 3.05) is 5.73 Å². The van der Waals surface area contributed by atoms with E-state index < -0.39 is 17.1 Å². The number of ether oxygens (including phenoxy) is 1. The first-order chi connectivity index (χ1) is 26.2. The summed E-state index contributed by atoms with van der Waals surface area (Å²) in [4.78, 5) is 18.3. The first-order valence-corrected chi connectivity index (χ1v) is 18.4. The number of nitrogen functional groups attached to an aromatic ring is 1. The van der Waals surface area contributed by atoms with Crippen molar-refractivity contribution in [3.63, 3.8) is 0 Å². The van der Waals surface area contributed by atoms with Crippen LogP contribution < -0.4 is 5.73 Å². The summed E-state index contributed by atoms with van der Waals surface area (Å²) in [5, 5.41) is 14.0. The van der Waals surface area contributed by atoms with Crippen molar-refractivity contribution in [2.45, 2.75) is 64.6 Å². The van der Waals surface area contributed by atoms with Crippen molar-refractivity contribution in [3.8, 4) is 22.5 Å². The lowest BCUT2D eigenvalue weighted by atomic mass is 9.77. The Kier molecular flexibility index (Phi) is 10.2. The molecule has 2 heterocycles. The van der Waals surface area contributed by atoms with E-state index in [0.29, 0.717) is 18.8 Å². The maximum Gasteiger partial charge on any atom is 0.359 e. The lowest BCUT2D eigenvalue weighted by molar-refractivity contribution is 0.00591. The van der Waals surface area contributed by atoms with Gasteiger partial charge in [0.1, 0.15) is 17.0 Å². The van der Waals surface area contributed by atoms with Crippen molar-refractivity contribution >= 4 is 11.8 Å². The molecule has 9 heteroatoms. The highest BCUT2D eigenvalue weighted by molar-refractivity contribution is 5.93. The van der Waals surface area contributed by atoms with E-state index >= 15 is 0 Å². The van der Waals surface area contributed by atoms with Gasteiger partial charge in [0.25, 0.3) is 0 Å². The van der Waals surface area contributed by atoms with Gasteiger partial charge in [0.2, 0.25) is 0 Å². The molecule has 0 fully saturated rings. The number of carbonyl (C=O) groups is 1. The average Bonchev–Trinajstić information content (AvgIpc) is 3.79. The van der Waals surface area contributed by atoms with Gasteiger partial charge in [0.15, 0.2) is 17.3 Å². The van der Waals surface area contributed by atoms with Gasteiger partial charge in [-0.25, -0.2) is 14.5 Å². The third kappa shape index (κ3) is 7.05. The second-order valence-corrected chi connectivity index (χ2v) is 14.4. The number of unbranched alkanes of at least 4 members (excludes halogenated alkanes) is 1. The third-order valence-electron chi connectivity index (χ3n) is 9.53. The second kappa shape index (κ2) is 15.3. The fraction of sp³-hybridized carbons (Fsp3) is 0.222. The molecular weight excluding hydrogens is 671 g/mol. The number of rotatable bonds is 12. The first-order valence-electron chi connectivity index (χ1n) is 18.4. The van der Waals surface area contributed by atoms with Gasteiger partial charge < -0.3 is 15.0 Å². The van der Waals surface area contributed by atoms with Crippen LogP contribution in [0.5, 0.6) is 0 Å². The fourth-order valence-corrected chi connectivity index (χ4v) is 7.17. The molecule has 5 aromatic carbocycles. The number of carbonyl (C=O) groups excluding carboxylic acids is 1. The highest BCUT2D eigenvalue weighted by Gasteiger charge is 2.42. The molecule has 7 rings (SSSR count). The summed E-state index contributed by atoms with van der Waals surface area (Å²) in [6, 6.07) is 47.6. The highest BCUT2D eigenvalue weighted by Crippen LogP contribution is 2.43. The van der Waals surface area contributed by atoms with E-state index in [-0.39, 0.29) is 11.5 Å². The van der Waals surface area contributed by atoms with Crippen LogP contribution in [0.25, 0.3) is 22.5 Å². The minimum atomic E-state index is -0.942. The minimum Gasteiger partial charge on any atom is -0.455 e. The molecule has 54 heavy (non-hydrogen) atoms. The van der Waals surface area contributed by atoms with E-state index in [4.69, 9.17) is 20.8 Å². The molecule has 0 radical (unpaired) electrons. The molecule has 0 saturated heterocycles. The van der Waals surface area contributed by atoms with Gasteiger partial charge in [-0.1, -0.05) is 147 Å². The van der Waals surface area contributed by atoms with Crippen molar-refractivity contribution in [2.24, 2.45) is 0 Å². The van der Waals surface area contributed by atoms with Crippen LogP contribution in [0, 0.1) is 0 Å². The van der Waals surface area contributed by atoms with Crippen LogP contribution in [-0.2, 0) is 23.2 Å². The van der Waals surface area contributed by atoms with Gasteiger partial charge in [-0.3, -0.25) is 0 Å². The normalized spacial score (nSPS) is 11.8. The molecule has 2 N–H and O–H groups in total. The molecule has 0 spiro atoms. The van der Waals surface area contributed by atoms with Crippen LogP contribution in [-0.4, -0.2) is 41.3 Å². The molecule has 0 atom stereocenters. The maximum atomic E-state index is 13.6. The maximum absolute atomic E-state index is 13.6. The average molecular weight is 716 g/mol. The van der Waals surface area contributed by atoms with Gasteiger partial charge in [0.05, 0.1) is 0 Å². The van der Waals surface area contributed by atoms with Crippen LogP contribution in [0.1, 0.15) is 79.1 Å². The molecule has 0 amide bonds. The second-order valence-electron chi connectivity index (χ2n) is 14.4. The number of hydrogen-bond acceptors (Lipinski definition) is 7. The summed E-state index contributed by atoms with van der Waals surface area (Å²) in [6.45, 7) is 8.00. The van der Waals surface area contributed by atoms with E-state index in [9.17, 15) is 4.79 Å². The zero-order valence-corrected chi connectivity index (χ0v) is 31.2. The summed E-state index contributed by atoms with van der Waals surface area (Å²) in [5.41, 5.74) is 11.8. The number of benzene rings is 5. The molecule has 0 aliphatic carbocycles. The number of hydrogen-bond donors (Lipinski definition) is 1. The molecule has 9 nitrogen and oxygen atoms in total. The Morgan fingerprint density at radius 1 is 0.741 bits per heavy atom. The standard InChI is InChI=1S/C45H45N7O2/c1-5-6-27-39-47-41(46)40(43(53)54-44(2,3)4)51(39)31-32-28-29-37(33-19-11-7-12-20-33)38(30-32)42-48-49-50-52(42)45(34-21-13-8-14-22-34,35-23-15-9-16-24-35)36-25-17-10-18-26-36/h7-26,28-30H,5-6,27,31,46H2,1-4H3. The topological polar surface area (TPSA) is 114 Å². The fourth-order valence-electron chi connectivity index (χ4n) is 7.17. The van der Waals surface area contributed by atoms with Gasteiger partial charge in [-0.15, -0.1) is 5.10 Å². The Bertz CT molecular complexity index is 2230. The van der Waals surface area contributed by atoms with Crippen molar-refractivity contribution in [1.82, 2.24) is 29.8 Å². The lowest BCUT2D eigenvalue weighted by Crippen LogP contribution is -2.39. The van der Waals surface area contributed by atoms with Gasteiger partial charge >= 0.3 is 5.97 Å². The predicted octanol–water partition coefficient (Wildman–Crippen LogP) is 8.97. The number of nitrogens with zero attached hydrogens (tertiary/aromatic N) is 6. The van der Waals surface area contributed by atoms with Crippen molar-refractivity contribution < 1.29 is 9.53 Å². The number of anilines is 1. The van der Waals surface area contributed by atoms with Crippen LogP contribution in [0.3, 0.4) is 0 Å². The molecule has 0 saturated carbocycles. The summed E-state index contributed by atoms with van der Waals surface area (Å²) in [5.74, 6) is 0.985. The zero-order chi connectivity index (χ0) is 37.7. The summed E-state index contributed by atoms with van der Waals surface area (Å²) in [6.07, 6.45) is 2.54. The number of imidazole rings is 1. The smallest absolute Gasteiger partial charge is 0.359 e. The molecule has 272 valence electrons. The predicted molar refractivity (Wildman–Crippen MR) is 213 cm³/mol. The van der Waals surface area contributed by atoms with Crippen molar-refractivity contribution in [3.05, 3.63) is 173 Å². The van der Waals surface area contributed by atoms with Crippen LogP contribution >= 0.6 is 0 Å². The lowest BCUT2D eigenvalue weighted by Gasteiger charge is -2.36. The first kappa shape index (κ1) is 36.0. The Morgan fingerprint density at radius 2 is 1.30 bits per heavy atom. The molecule has 0 aliphatic rings. The third-order valence-corrected chi connectivity index (χ3v) is 9.53. The minimum absolute atomic E-state index is 0.166. The molecule has 0 bridgehead atoms. The number of tetrazole rings is 1. The molecule has 0 aliphatic heterocycles. The summed E-state index contributed by atoms with van der Waals surface area (Å²) < 4.78 is 9.69. The molecule has 2 aromatic heterocycles. The van der Waals surface area contributed by atoms with Gasteiger partial charge in [-0.05, 0) is 77.1 Å². The molecular formula is C45H45N7O2. The Labute approximate surface area is 316 Å². The van der Waals surface area contributed by atoms with Crippen molar-refractivity contribution in [1.29, 1.82) is 0 Å². The van der Waals surface area contributed by atoms with E-state index in [1.165, 1.54) is 0 Å². The highest BCUT2D eigenvalue weighted by atomic mass is 16.6. The SMILES string of the molecule is CCCCc1nc(N)c(C(=O)OC(C)(C)C)n1Cc1ccc(-c2ccccc2)c(-c2nnnn2C(c2ccccc2)(c2ccccc2)c2ccccc2)c1. The van der Waals surface area contributed by atoms with E-state index in [2.05, 4.69) is 83.9 Å². The zero-order valence-electron chi connectivity index (χ0n) is 31.2. The Morgan fingerprint density at radius 3 is 1.83 bits per heavy atom. The van der Waals surface area contributed by atoms with Crippen LogP contribution in [0.4, 0.5) is 5.82 Å². The van der Waals surface area contributed by atoms with Crippen LogP contribution in [0.15, 0.2) is 140 Å². The van der Waals surface area contributed by atoms with E-state index in [1.807, 2.05) is 103 Å². The Hall–Kier alpha value is -6.35. The largest absolute Gasteiger partial charge is 0.455 e. The quantitative estimate of drug-likeness (QED) is 0.0993. The molecule has 0 unspecified atom stereocenters. The Balaban J connectivity index is 1.47.